The summed E-state index contributed by atoms with van der Waals surface area (Å²) in [6.45, 7) is 3.97. The molecule has 2 heterocycles. The van der Waals surface area contributed by atoms with Crippen LogP contribution in [-0.2, 0) is 14.4 Å². The van der Waals surface area contributed by atoms with Gasteiger partial charge in [0.2, 0.25) is 5.91 Å². The van der Waals surface area contributed by atoms with Gasteiger partial charge in [-0.05, 0) is 66.9 Å². The van der Waals surface area contributed by atoms with Crippen LogP contribution >= 0.6 is 0 Å². The molecule has 3 aromatic carbocycles. The Labute approximate surface area is 186 Å². The second-order valence-electron chi connectivity index (χ2n) is 8.21. The van der Waals surface area contributed by atoms with Crippen molar-refractivity contribution in [2.45, 2.75) is 26.0 Å². The van der Waals surface area contributed by atoms with Crippen LogP contribution < -0.4 is 14.7 Å². The molecule has 5 rings (SSSR count). The van der Waals surface area contributed by atoms with E-state index in [-0.39, 0.29) is 11.8 Å². The minimum Gasteiger partial charge on any atom is -0.497 e. The summed E-state index contributed by atoms with van der Waals surface area (Å²) < 4.78 is 5.26. The van der Waals surface area contributed by atoms with E-state index in [0.29, 0.717) is 5.69 Å². The molecule has 3 aromatic rings. The van der Waals surface area contributed by atoms with Gasteiger partial charge in [-0.25, -0.2) is 9.96 Å². The number of nitrogens with zero attached hydrogens (tertiary/aromatic N) is 2. The summed E-state index contributed by atoms with van der Waals surface area (Å²) in [5.74, 6) is -0.501. The molecule has 3 atom stereocenters. The van der Waals surface area contributed by atoms with Crippen molar-refractivity contribution in [1.29, 1.82) is 0 Å². The van der Waals surface area contributed by atoms with Crippen molar-refractivity contribution in [3.05, 3.63) is 89.5 Å². The Kier molecular flexibility index (Phi) is 4.94. The maximum Gasteiger partial charge on any atom is 0.266 e. The number of carbonyl (C=O) groups excluding carboxylic acids is 2. The number of rotatable bonds is 4. The fourth-order valence-electron chi connectivity index (χ4n) is 4.48. The number of amides is 2. The van der Waals surface area contributed by atoms with Crippen molar-refractivity contribution in [3.63, 3.8) is 0 Å². The standard InChI is InChI=1S/C26H24N2O4/c1-16-9-10-20(15-17(16)2)27-25(29)22-23(18-7-5-4-6-8-18)28(32-24(22)26(27)30)19-11-13-21(31-3)14-12-19/h4-15,22-24H,1-3H3/t22-,23-,24-/m0/s1. The van der Waals surface area contributed by atoms with E-state index in [0.717, 1.165) is 28.1 Å². The predicted octanol–water partition coefficient (Wildman–Crippen LogP) is 4.36. The fraction of sp³-hybridized carbons (Fsp3) is 0.231. The van der Waals surface area contributed by atoms with Crippen LogP contribution in [-0.4, -0.2) is 25.0 Å². The molecule has 0 bridgehead atoms. The number of carbonyl (C=O) groups is 2. The lowest BCUT2D eigenvalue weighted by Crippen LogP contribution is -2.37. The monoisotopic (exact) mass is 428 g/mol. The largest absolute Gasteiger partial charge is 0.497 e. The number of anilines is 2. The van der Waals surface area contributed by atoms with Crippen LogP contribution in [0.5, 0.6) is 5.75 Å². The summed E-state index contributed by atoms with van der Waals surface area (Å²) in [7, 11) is 1.61. The molecular weight excluding hydrogens is 404 g/mol. The lowest BCUT2D eigenvalue weighted by Gasteiger charge is -2.29. The molecule has 2 amide bonds. The SMILES string of the molecule is COc1ccc(N2O[C@@H]3C(=O)N(c4ccc(C)c(C)c4)C(=O)[C@H]3[C@@H]2c2ccccc2)cc1. The second kappa shape index (κ2) is 7.80. The molecule has 0 unspecified atom stereocenters. The van der Waals surface area contributed by atoms with Gasteiger partial charge >= 0.3 is 0 Å². The van der Waals surface area contributed by atoms with Gasteiger partial charge < -0.3 is 4.74 Å². The maximum absolute atomic E-state index is 13.6. The van der Waals surface area contributed by atoms with Crippen molar-refractivity contribution >= 4 is 23.2 Å². The first-order valence-corrected chi connectivity index (χ1v) is 10.6. The van der Waals surface area contributed by atoms with Gasteiger partial charge in [-0.1, -0.05) is 36.4 Å². The van der Waals surface area contributed by atoms with Gasteiger partial charge in [0.15, 0.2) is 6.10 Å². The highest BCUT2D eigenvalue weighted by atomic mass is 16.7. The minimum absolute atomic E-state index is 0.242. The van der Waals surface area contributed by atoms with Crippen LogP contribution in [0.2, 0.25) is 0 Å². The summed E-state index contributed by atoms with van der Waals surface area (Å²) in [6.07, 6.45) is -0.878. The molecule has 6 nitrogen and oxygen atoms in total. The van der Waals surface area contributed by atoms with Gasteiger partial charge in [-0.2, -0.15) is 0 Å². The van der Waals surface area contributed by atoms with Crippen LogP contribution in [0.25, 0.3) is 0 Å². The normalized spacial score (nSPS) is 22.4. The summed E-state index contributed by atoms with van der Waals surface area (Å²) in [5, 5.41) is 1.69. The summed E-state index contributed by atoms with van der Waals surface area (Å²) in [5.41, 5.74) is 4.40. The van der Waals surface area contributed by atoms with Gasteiger partial charge in [0.25, 0.3) is 5.91 Å². The zero-order chi connectivity index (χ0) is 22.4. The van der Waals surface area contributed by atoms with Gasteiger partial charge in [-0.15, -0.1) is 0 Å². The van der Waals surface area contributed by atoms with E-state index in [9.17, 15) is 9.59 Å². The molecule has 0 N–H and O–H groups in total. The molecule has 32 heavy (non-hydrogen) atoms. The van der Waals surface area contributed by atoms with E-state index in [1.165, 1.54) is 4.90 Å². The first-order valence-electron chi connectivity index (χ1n) is 10.6. The maximum atomic E-state index is 13.6. The number of fused-ring (bicyclic) bond motifs is 1. The Morgan fingerprint density at radius 2 is 1.50 bits per heavy atom. The number of aryl methyl sites for hydroxylation is 2. The topological polar surface area (TPSA) is 59.1 Å². The molecule has 6 heteroatoms. The first-order chi connectivity index (χ1) is 15.5. The number of hydrogen-bond acceptors (Lipinski definition) is 5. The molecule has 0 aromatic heterocycles. The quantitative estimate of drug-likeness (QED) is 0.578. The van der Waals surface area contributed by atoms with Crippen molar-refractivity contribution in [2.24, 2.45) is 5.92 Å². The molecule has 2 saturated heterocycles. The van der Waals surface area contributed by atoms with Crippen LogP contribution in [0, 0.1) is 19.8 Å². The van der Waals surface area contributed by atoms with E-state index in [1.807, 2.05) is 86.6 Å². The lowest BCUT2D eigenvalue weighted by molar-refractivity contribution is -0.126. The Morgan fingerprint density at radius 3 is 2.16 bits per heavy atom. The first kappa shape index (κ1) is 20.3. The van der Waals surface area contributed by atoms with E-state index in [1.54, 1.807) is 12.2 Å². The minimum atomic E-state index is -0.878. The van der Waals surface area contributed by atoms with Gasteiger partial charge in [0.1, 0.15) is 11.7 Å². The van der Waals surface area contributed by atoms with Crippen LogP contribution in [0.3, 0.4) is 0 Å². The molecule has 0 aliphatic carbocycles. The third kappa shape index (κ3) is 3.15. The van der Waals surface area contributed by atoms with Crippen molar-refractivity contribution in [1.82, 2.24) is 0 Å². The van der Waals surface area contributed by atoms with Gasteiger partial charge in [-0.3, -0.25) is 14.4 Å². The van der Waals surface area contributed by atoms with Crippen LogP contribution in [0.1, 0.15) is 22.7 Å². The predicted molar refractivity (Wildman–Crippen MR) is 121 cm³/mol. The molecule has 0 radical (unpaired) electrons. The molecular formula is C26H24N2O4. The third-order valence-corrected chi connectivity index (χ3v) is 6.33. The number of ether oxygens (including phenoxy) is 1. The van der Waals surface area contributed by atoms with Gasteiger partial charge in [0, 0.05) is 0 Å². The summed E-state index contributed by atoms with van der Waals surface area (Å²) in [6, 6.07) is 22.3. The number of methoxy groups -OCH3 is 1. The second-order valence-corrected chi connectivity index (χ2v) is 8.21. The molecule has 0 spiro atoms. The van der Waals surface area contributed by atoms with Gasteiger partial charge in [0.05, 0.1) is 24.5 Å². The Hall–Kier alpha value is -3.64. The molecule has 2 aliphatic heterocycles. The Morgan fingerprint density at radius 1 is 0.812 bits per heavy atom. The number of hydroxylamine groups is 1. The summed E-state index contributed by atoms with van der Waals surface area (Å²) >= 11 is 0. The number of imide groups is 1. The lowest BCUT2D eigenvalue weighted by atomic mass is 9.90. The molecule has 2 fully saturated rings. The van der Waals surface area contributed by atoms with E-state index in [2.05, 4.69) is 0 Å². The highest BCUT2D eigenvalue weighted by Crippen LogP contribution is 2.47. The molecule has 162 valence electrons. The summed E-state index contributed by atoms with van der Waals surface area (Å²) in [4.78, 5) is 34.5. The fourth-order valence-corrected chi connectivity index (χ4v) is 4.48. The number of hydrogen-bond donors (Lipinski definition) is 0. The van der Waals surface area contributed by atoms with Crippen molar-refractivity contribution in [3.8, 4) is 5.75 Å². The average molecular weight is 428 g/mol. The smallest absolute Gasteiger partial charge is 0.266 e. The Bertz CT molecular complexity index is 1180. The zero-order valence-corrected chi connectivity index (χ0v) is 18.2. The van der Waals surface area contributed by atoms with Crippen molar-refractivity contribution < 1.29 is 19.2 Å². The van der Waals surface area contributed by atoms with Crippen LogP contribution in [0.15, 0.2) is 72.8 Å². The highest BCUT2D eigenvalue weighted by molar-refractivity contribution is 6.24. The number of benzene rings is 3. The van der Waals surface area contributed by atoms with Crippen molar-refractivity contribution in [2.75, 3.05) is 17.1 Å². The van der Waals surface area contributed by atoms with E-state index >= 15 is 0 Å². The molecule has 0 saturated carbocycles. The average Bonchev–Trinajstić information content (AvgIpc) is 3.32. The third-order valence-electron chi connectivity index (χ3n) is 6.33. The van der Waals surface area contributed by atoms with Crippen LogP contribution in [0.4, 0.5) is 11.4 Å². The molecule has 2 aliphatic rings. The zero-order valence-electron chi connectivity index (χ0n) is 18.2. The van der Waals surface area contributed by atoms with E-state index < -0.39 is 18.1 Å². The Balaban J connectivity index is 1.56. The highest BCUT2D eigenvalue weighted by Gasteiger charge is 2.60. The van der Waals surface area contributed by atoms with E-state index in [4.69, 9.17) is 9.57 Å².